The fourth-order valence-corrected chi connectivity index (χ4v) is 3.02. The molecule has 100 valence electrons. The first-order valence-electron chi connectivity index (χ1n) is 7.18. The predicted molar refractivity (Wildman–Crippen MR) is 81.3 cm³/mol. The molecule has 0 aromatic heterocycles. The van der Waals surface area contributed by atoms with Crippen molar-refractivity contribution in [3.8, 4) is 0 Å². The second kappa shape index (κ2) is 5.72. The second-order valence-corrected chi connectivity index (χ2v) is 5.74. The van der Waals surface area contributed by atoms with Crippen molar-refractivity contribution in [1.29, 1.82) is 0 Å². The summed E-state index contributed by atoms with van der Waals surface area (Å²) in [4.78, 5) is 2.45. The van der Waals surface area contributed by atoms with Crippen LogP contribution in [0.25, 0.3) is 10.8 Å². The smallest absolute Gasteiger partial charge is 0.0231 e. The Morgan fingerprint density at radius 2 is 2.00 bits per heavy atom. The van der Waals surface area contributed by atoms with E-state index in [2.05, 4.69) is 59.7 Å². The number of nitrogens with zero attached hydrogens (tertiary/aromatic N) is 1. The van der Waals surface area contributed by atoms with Crippen molar-refractivity contribution in [2.75, 3.05) is 26.7 Å². The van der Waals surface area contributed by atoms with E-state index in [1.54, 1.807) is 0 Å². The Bertz CT molecular complexity index is 544. The zero-order chi connectivity index (χ0) is 13.1. The Morgan fingerprint density at radius 1 is 1.16 bits per heavy atom. The van der Waals surface area contributed by atoms with Gasteiger partial charge in [0.2, 0.25) is 0 Å². The van der Waals surface area contributed by atoms with Crippen molar-refractivity contribution in [3.63, 3.8) is 0 Å². The largest absolute Gasteiger partial charge is 0.316 e. The number of fused-ring (bicyclic) bond motifs is 1. The van der Waals surface area contributed by atoms with Crippen LogP contribution in [0.1, 0.15) is 12.0 Å². The minimum Gasteiger partial charge on any atom is -0.316 e. The van der Waals surface area contributed by atoms with E-state index in [1.165, 1.54) is 42.4 Å². The topological polar surface area (TPSA) is 15.3 Å². The van der Waals surface area contributed by atoms with Crippen molar-refractivity contribution < 1.29 is 0 Å². The molecular formula is C17H22N2. The molecule has 0 bridgehead atoms. The lowest BCUT2D eigenvalue weighted by Crippen LogP contribution is -2.26. The molecule has 1 N–H and O–H groups in total. The number of benzene rings is 2. The fourth-order valence-electron chi connectivity index (χ4n) is 3.02. The Kier molecular flexibility index (Phi) is 3.81. The molecule has 1 saturated heterocycles. The number of rotatable bonds is 4. The third-order valence-electron chi connectivity index (χ3n) is 4.00. The van der Waals surface area contributed by atoms with Gasteiger partial charge < -0.3 is 10.2 Å². The molecular weight excluding hydrogens is 232 g/mol. The quantitative estimate of drug-likeness (QED) is 0.902. The first-order chi connectivity index (χ1) is 9.31. The normalized spacial score (nSPS) is 19.4. The van der Waals surface area contributed by atoms with E-state index in [0.717, 1.165) is 12.5 Å². The summed E-state index contributed by atoms with van der Waals surface area (Å²) in [5, 5.41) is 6.11. The van der Waals surface area contributed by atoms with Crippen LogP contribution in [-0.2, 0) is 6.54 Å². The highest BCUT2D eigenvalue weighted by molar-refractivity contribution is 5.82. The third kappa shape index (κ3) is 3.14. The monoisotopic (exact) mass is 254 g/mol. The minimum absolute atomic E-state index is 0.824. The highest BCUT2D eigenvalue weighted by Crippen LogP contribution is 2.17. The molecule has 2 aromatic carbocycles. The van der Waals surface area contributed by atoms with Crippen LogP contribution in [0.15, 0.2) is 42.5 Å². The van der Waals surface area contributed by atoms with E-state index in [4.69, 9.17) is 0 Å². The van der Waals surface area contributed by atoms with Gasteiger partial charge in [-0.1, -0.05) is 36.4 Å². The molecule has 1 aliphatic heterocycles. The first-order valence-corrected chi connectivity index (χ1v) is 7.18. The van der Waals surface area contributed by atoms with Gasteiger partial charge in [-0.25, -0.2) is 0 Å². The fraction of sp³-hybridized carbons (Fsp3) is 0.412. The number of hydrogen-bond donors (Lipinski definition) is 1. The van der Waals surface area contributed by atoms with Gasteiger partial charge in [0.1, 0.15) is 0 Å². The molecule has 19 heavy (non-hydrogen) atoms. The summed E-state index contributed by atoms with van der Waals surface area (Å²) in [5.74, 6) is 0.824. The van der Waals surface area contributed by atoms with Gasteiger partial charge in [-0.15, -0.1) is 0 Å². The molecule has 0 spiro atoms. The van der Waals surface area contributed by atoms with Gasteiger partial charge in [0, 0.05) is 13.1 Å². The van der Waals surface area contributed by atoms with Crippen LogP contribution in [0, 0.1) is 5.92 Å². The van der Waals surface area contributed by atoms with E-state index in [9.17, 15) is 0 Å². The van der Waals surface area contributed by atoms with Gasteiger partial charge in [-0.05, 0) is 54.9 Å². The number of hydrogen-bond acceptors (Lipinski definition) is 2. The van der Waals surface area contributed by atoms with Crippen LogP contribution < -0.4 is 5.32 Å². The summed E-state index contributed by atoms with van der Waals surface area (Å²) in [6, 6.07) is 15.4. The van der Waals surface area contributed by atoms with Gasteiger partial charge in [0.25, 0.3) is 0 Å². The Balaban J connectivity index is 1.66. The highest BCUT2D eigenvalue weighted by Gasteiger charge is 2.16. The van der Waals surface area contributed by atoms with E-state index in [-0.39, 0.29) is 0 Å². The molecule has 2 nitrogen and oxygen atoms in total. The maximum Gasteiger partial charge on any atom is 0.0231 e. The molecule has 1 heterocycles. The minimum atomic E-state index is 0.824. The zero-order valence-electron chi connectivity index (χ0n) is 11.6. The van der Waals surface area contributed by atoms with Gasteiger partial charge in [0.05, 0.1) is 0 Å². The standard InChI is InChI=1S/C17H22N2/c1-19(13-15-8-9-18-11-15)12-14-6-7-16-4-2-3-5-17(16)10-14/h2-7,10,15,18H,8-9,11-13H2,1H3. The van der Waals surface area contributed by atoms with Gasteiger partial charge in [0.15, 0.2) is 0 Å². The van der Waals surface area contributed by atoms with Crippen LogP contribution in [0.3, 0.4) is 0 Å². The summed E-state index contributed by atoms with van der Waals surface area (Å²) in [5.41, 5.74) is 1.41. The SMILES string of the molecule is CN(Cc1ccc2ccccc2c1)CC1CCNC1. The molecule has 0 saturated carbocycles. The molecule has 1 unspecified atom stereocenters. The van der Waals surface area contributed by atoms with Crippen LogP contribution in [0.2, 0.25) is 0 Å². The van der Waals surface area contributed by atoms with Crippen molar-refractivity contribution >= 4 is 10.8 Å². The summed E-state index contributed by atoms with van der Waals surface area (Å²) in [6.07, 6.45) is 1.32. The Hall–Kier alpha value is -1.38. The van der Waals surface area contributed by atoms with E-state index < -0.39 is 0 Å². The summed E-state index contributed by atoms with van der Waals surface area (Å²) in [6.45, 7) is 4.61. The van der Waals surface area contributed by atoms with Gasteiger partial charge in [-0.3, -0.25) is 0 Å². The molecule has 1 aliphatic rings. The molecule has 2 heteroatoms. The van der Waals surface area contributed by atoms with Gasteiger partial charge in [-0.2, -0.15) is 0 Å². The second-order valence-electron chi connectivity index (χ2n) is 5.74. The molecule has 1 atom stereocenters. The molecule has 0 radical (unpaired) electrons. The third-order valence-corrected chi connectivity index (χ3v) is 4.00. The zero-order valence-corrected chi connectivity index (χ0v) is 11.6. The van der Waals surface area contributed by atoms with Crippen molar-refractivity contribution in [3.05, 3.63) is 48.0 Å². The average molecular weight is 254 g/mol. The van der Waals surface area contributed by atoms with Crippen molar-refractivity contribution in [1.82, 2.24) is 10.2 Å². The maximum absolute atomic E-state index is 3.44. The maximum atomic E-state index is 3.44. The van der Waals surface area contributed by atoms with Gasteiger partial charge >= 0.3 is 0 Å². The van der Waals surface area contributed by atoms with E-state index >= 15 is 0 Å². The lowest BCUT2D eigenvalue weighted by Gasteiger charge is -2.20. The molecule has 1 fully saturated rings. The van der Waals surface area contributed by atoms with E-state index in [1.807, 2.05) is 0 Å². The summed E-state index contributed by atoms with van der Waals surface area (Å²) in [7, 11) is 2.23. The van der Waals surface area contributed by atoms with Crippen LogP contribution in [0.4, 0.5) is 0 Å². The summed E-state index contributed by atoms with van der Waals surface area (Å²) < 4.78 is 0. The summed E-state index contributed by atoms with van der Waals surface area (Å²) >= 11 is 0. The number of nitrogens with one attached hydrogen (secondary N) is 1. The molecule has 0 amide bonds. The van der Waals surface area contributed by atoms with Crippen molar-refractivity contribution in [2.24, 2.45) is 5.92 Å². The van der Waals surface area contributed by atoms with E-state index in [0.29, 0.717) is 0 Å². The Morgan fingerprint density at radius 3 is 2.79 bits per heavy atom. The molecule has 0 aliphatic carbocycles. The lowest BCUT2D eigenvalue weighted by molar-refractivity contribution is 0.278. The molecule has 3 rings (SSSR count). The van der Waals surface area contributed by atoms with Crippen LogP contribution >= 0.6 is 0 Å². The first kappa shape index (κ1) is 12.6. The average Bonchev–Trinajstić information content (AvgIpc) is 2.91. The lowest BCUT2D eigenvalue weighted by atomic mass is 10.1. The van der Waals surface area contributed by atoms with Crippen LogP contribution in [-0.4, -0.2) is 31.6 Å². The van der Waals surface area contributed by atoms with Crippen LogP contribution in [0.5, 0.6) is 0 Å². The highest BCUT2D eigenvalue weighted by atomic mass is 15.1. The van der Waals surface area contributed by atoms with Crippen molar-refractivity contribution in [2.45, 2.75) is 13.0 Å². The molecule has 2 aromatic rings. The Labute approximate surface area is 115 Å². The predicted octanol–water partition coefficient (Wildman–Crippen LogP) is 2.88.